The molecule has 4 rings (SSSR count). The van der Waals surface area contributed by atoms with Gasteiger partial charge in [-0.2, -0.15) is 4.98 Å². The summed E-state index contributed by atoms with van der Waals surface area (Å²) >= 11 is 0. The first-order valence-electron chi connectivity index (χ1n) is 7.06. The molecule has 0 saturated carbocycles. The summed E-state index contributed by atoms with van der Waals surface area (Å²) < 4.78 is 24.5. The van der Waals surface area contributed by atoms with Crippen molar-refractivity contribution in [1.29, 1.82) is 0 Å². The first-order valence-corrected chi connectivity index (χ1v) is 7.06. The fraction of sp³-hybridized carbons (Fsp3) is 0. The van der Waals surface area contributed by atoms with E-state index in [1.165, 1.54) is 36.8 Å². The van der Waals surface area contributed by atoms with E-state index < -0.39 is 5.82 Å². The summed E-state index contributed by atoms with van der Waals surface area (Å²) in [7, 11) is 0. The molecule has 0 aliphatic heterocycles. The molecule has 0 saturated heterocycles. The molecule has 0 fully saturated rings. The van der Waals surface area contributed by atoms with Crippen molar-refractivity contribution in [3.8, 4) is 11.5 Å². The number of furan rings is 1. The zero-order valence-electron chi connectivity index (χ0n) is 12.2. The molecule has 6 nitrogen and oxygen atoms in total. The second kappa shape index (κ2) is 5.62. The minimum absolute atomic E-state index is 0.0978. The fourth-order valence-corrected chi connectivity index (χ4v) is 2.25. The molecule has 0 atom stereocenters. The van der Waals surface area contributed by atoms with E-state index in [0.717, 1.165) is 0 Å². The topological polar surface area (TPSA) is 81.2 Å². The Morgan fingerprint density at radius 3 is 2.92 bits per heavy atom. The van der Waals surface area contributed by atoms with E-state index in [4.69, 9.17) is 8.83 Å². The first kappa shape index (κ1) is 14.1. The molecule has 0 aliphatic carbocycles. The minimum atomic E-state index is -0.511. The molecule has 4 aromatic rings. The molecule has 1 aromatic carbocycles. The highest BCUT2D eigenvalue weighted by molar-refractivity contribution is 6.04. The summed E-state index contributed by atoms with van der Waals surface area (Å²) in [6, 6.07) is 9.08. The predicted octanol–water partition coefficient (Wildman–Crippen LogP) is 3.87. The van der Waals surface area contributed by atoms with Crippen LogP contribution in [0.1, 0.15) is 10.4 Å². The van der Waals surface area contributed by atoms with Crippen molar-refractivity contribution in [3.05, 3.63) is 66.5 Å². The van der Waals surface area contributed by atoms with Crippen molar-refractivity contribution in [2.45, 2.75) is 0 Å². The molecular weight excluding hydrogens is 313 g/mol. The molecule has 1 amide bonds. The van der Waals surface area contributed by atoms with Crippen LogP contribution in [0.25, 0.3) is 22.7 Å². The van der Waals surface area contributed by atoms with Gasteiger partial charge in [0.05, 0.1) is 17.4 Å². The van der Waals surface area contributed by atoms with Crippen molar-refractivity contribution in [3.63, 3.8) is 0 Å². The first-order chi connectivity index (χ1) is 11.7. The minimum Gasteiger partial charge on any atom is -0.472 e. The zero-order valence-corrected chi connectivity index (χ0v) is 12.2. The Bertz CT molecular complexity index is 992. The number of hydrogen-bond donors (Lipinski definition) is 1. The molecule has 0 aliphatic rings. The van der Waals surface area contributed by atoms with Crippen LogP contribution in [-0.4, -0.2) is 15.9 Å². The van der Waals surface area contributed by atoms with Gasteiger partial charge >= 0.3 is 0 Å². The van der Waals surface area contributed by atoms with Crippen molar-refractivity contribution in [2.24, 2.45) is 0 Å². The van der Waals surface area contributed by atoms with Gasteiger partial charge in [0, 0.05) is 11.9 Å². The summed E-state index contributed by atoms with van der Waals surface area (Å²) in [5.74, 6) is -0.774. The van der Waals surface area contributed by atoms with E-state index >= 15 is 0 Å². The van der Waals surface area contributed by atoms with Crippen LogP contribution in [0, 0.1) is 5.82 Å². The molecule has 3 aromatic heterocycles. The van der Waals surface area contributed by atoms with Gasteiger partial charge in [-0.3, -0.25) is 4.79 Å². The van der Waals surface area contributed by atoms with Crippen molar-refractivity contribution < 1.29 is 18.0 Å². The monoisotopic (exact) mass is 323 g/mol. The van der Waals surface area contributed by atoms with E-state index in [1.54, 1.807) is 18.3 Å². The summed E-state index contributed by atoms with van der Waals surface area (Å²) in [5, 5.41) is 2.66. The molecule has 0 bridgehead atoms. The second-order valence-electron chi connectivity index (χ2n) is 5.00. The third kappa shape index (κ3) is 2.52. The summed E-state index contributed by atoms with van der Waals surface area (Å²) in [6.45, 7) is 0. The number of fused-ring (bicyclic) bond motifs is 1. The lowest BCUT2D eigenvalue weighted by Crippen LogP contribution is -2.10. The Morgan fingerprint density at radius 1 is 1.21 bits per heavy atom. The average Bonchev–Trinajstić information content (AvgIpc) is 3.25. The number of carbonyl (C=O) groups excluding carboxylic acids is 1. The molecule has 1 N–H and O–H groups in total. The number of nitrogens with zero attached hydrogens (tertiary/aromatic N) is 2. The van der Waals surface area contributed by atoms with Crippen LogP contribution in [0.5, 0.6) is 0 Å². The number of oxazole rings is 1. The number of anilines is 1. The summed E-state index contributed by atoms with van der Waals surface area (Å²) in [5.41, 5.74) is 1.76. The number of aromatic nitrogens is 2. The summed E-state index contributed by atoms with van der Waals surface area (Å²) in [4.78, 5) is 20.3. The van der Waals surface area contributed by atoms with Crippen LogP contribution in [0.15, 0.2) is 64.0 Å². The molecule has 118 valence electrons. The van der Waals surface area contributed by atoms with Gasteiger partial charge in [0.25, 0.3) is 5.91 Å². The molecule has 7 heteroatoms. The maximum absolute atomic E-state index is 14.1. The van der Waals surface area contributed by atoms with E-state index in [1.807, 2.05) is 0 Å². The lowest BCUT2D eigenvalue weighted by molar-refractivity contribution is 0.102. The third-order valence-corrected chi connectivity index (χ3v) is 3.40. The number of hydrogen-bond acceptors (Lipinski definition) is 5. The lowest BCUT2D eigenvalue weighted by Gasteiger charge is -2.05. The van der Waals surface area contributed by atoms with Gasteiger partial charge in [0.15, 0.2) is 11.2 Å². The number of carbonyl (C=O) groups is 1. The number of amides is 1. The Balaban J connectivity index is 1.69. The van der Waals surface area contributed by atoms with Gasteiger partial charge in [0.2, 0.25) is 5.89 Å². The van der Waals surface area contributed by atoms with E-state index in [0.29, 0.717) is 22.5 Å². The number of pyridine rings is 1. The highest BCUT2D eigenvalue weighted by Crippen LogP contribution is 2.28. The van der Waals surface area contributed by atoms with Crippen LogP contribution in [0.3, 0.4) is 0 Å². The Kier molecular flexibility index (Phi) is 3.31. The maximum Gasteiger partial charge on any atom is 0.258 e. The largest absolute Gasteiger partial charge is 0.472 e. The highest BCUT2D eigenvalue weighted by Gasteiger charge is 2.15. The molecule has 0 radical (unpaired) electrons. The third-order valence-electron chi connectivity index (χ3n) is 3.40. The smallest absolute Gasteiger partial charge is 0.258 e. The van der Waals surface area contributed by atoms with Gasteiger partial charge in [-0.05, 0) is 36.4 Å². The molecule has 3 heterocycles. The van der Waals surface area contributed by atoms with Gasteiger partial charge in [-0.1, -0.05) is 0 Å². The van der Waals surface area contributed by atoms with Crippen molar-refractivity contribution in [2.75, 3.05) is 5.32 Å². The van der Waals surface area contributed by atoms with Crippen LogP contribution in [-0.2, 0) is 0 Å². The lowest BCUT2D eigenvalue weighted by atomic mass is 10.1. The Morgan fingerprint density at radius 2 is 2.12 bits per heavy atom. The average molecular weight is 323 g/mol. The van der Waals surface area contributed by atoms with Crippen LogP contribution in [0.2, 0.25) is 0 Å². The van der Waals surface area contributed by atoms with E-state index in [2.05, 4.69) is 15.3 Å². The van der Waals surface area contributed by atoms with Gasteiger partial charge in [-0.15, -0.1) is 0 Å². The molecular formula is C17H10FN3O3. The van der Waals surface area contributed by atoms with Crippen molar-refractivity contribution >= 4 is 22.8 Å². The molecule has 0 spiro atoms. The van der Waals surface area contributed by atoms with Crippen molar-refractivity contribution in [1.82, 2.24) is 9.97 Å². The molecule has 0 unspecified atom stereocenters. The normalized spacial score (nSPS) is 10.9. The van der Waals surface area contributed by atoms with Gasteiger partial charge < -0.3 is 14.2 Å². The van der Waals surface area contributed by atoms with Crippen LogP contribution in [0.4, 0.5) is 10.1 Å². The maximum atomic E-state index is 14.1. The quantitative estimate of drug-likeness (QED) is 0.619. The second-order valence-corrected chi connectivity index (χ2v) is 5.00. The number of benzene rings is 1. The van der Waals surface area contributed by atoms with Crippen LogP contribution < -0.4 is 5.32 Å². The van der Waals surface area contributed by atoms with Gasteiger partial charge in [0.1, 0.15) is 12.1 Å². The number of rotatable bonds is 3. The zero-order chi connectivity index (χ0) is 16.5. The van der Waals surface area contributed by atoms with Crippen LogP contribution >= 0.6 is 0 Å². The standard InChI is InChI=1S/C17H10FN3O3/c18-13-4-3-11(20-16(22)10-5-7-23-9-10)8-12(13)17-21-15-14(24-17)2-1-6-19-15/h1-9H,(H,20,22). The van der Waals surface area contributed by atoms with Gasteiger partial charge in [-0.25, -0.2) is 9.37 Å². The fourth-order valence-electron chi connectivity index (χ4n) is 2.25. The number of halogens is 1. The highest BCUT2D eigenvalue weighted by atomic mass is 19.1. The van der Waals surface area contributed by atoms with E-state index in [9.17, 15) is 9.18 Å². The SMILES string of the molecule is O=C(Nc1ccc(F)c(-c2nc3ncccc3o2)c1)c1ccoc1. The Hall–Kier alpha value is -3.48. The molecule has 24 heavy (non-hydrogen) atoms. The summed E-state index contributed by atoms with van der Waals surface area (Å²) in [6.07, 6.45) is 4.30. The number of nitrogens with one attached hydrogen (secondary N) is 1. The Labute approximate surface area is 134 Å². The predicted molar refractivity (Wildman–Crippen MR) is 83.9 cm³/mol. The van der Waals surface area contributed by atoms with E-state index in [-0.39, 0.29) is 17.4 Å².